The average Bonchev–Trinajstić information content (AvgIpc) is 3.14. The second-order valence-corrected chi connectivity index (χ2v) is 8.41. The largest absolute Gasteiger partial charge is 0.469 e. The number of nitrogens with zero attached hydrogens (tertiary/aromatic N) is 3. The van der Waals surface area contributed by atoms with Crippen molar-refractivity contribution in [3.8, 4) is 11.4 Å². The molecule has 2 heterocycles. The van der Waals surface area contributed by atoms with Crippen LogP contribution in [0.5, 0.6) is 0 Å². The third-order valence-corrected chi connectivity index (χ3v) is 6.63. The van der Waals surface area contributed by atoms with Crippen LogP contribution in [-0.2, 0) is 16.9 Å². The second kappa shape index (κ2) is 6.82. The van der Waals surface area contributed by atoms with Crippen LogP contribution in [0.4, 0.5) is 0 Å². The third-order valence-electron chi connectivity index (χ3n) is 3.62. The summed E-state index contributed by atoms with van der Waals surface area (Å²) >= 11 is 1.37. The van der Waals surface area contributed by atoms with Crippen molar-refractivity contribution in [1.82, 2.24) is 14.8 Å². The minimum absolute atomic E-state index is 0.0502. The highest BCUT2D eigenvalue weighted by Gasteiger charge is 2.17. The summed E-state index contributed by atoms with van der Waals surface area (Å²) in [6.07, 6.45) is 1.61. The van der Waals surface area contributed by atoms with E-state index >= 15 is 0 Å². The molecule has 0 spiro atoms. The number of aryl methyl sites for hydroxylation is 1. The summed E-state index contributed by atoms with van der Waals surface area (Å²) in [6.45, 7) is 1.86. The maximum Gasteiger partial charge on any atom is 0.191 e. The molecule has 6 nitrogen and oxygen atoms in total. The van der Waals surface area contributed by atoms with Crippen LogP contribution in [0, 0.1) is 6.92 Å². The number of thioether (sulfide) groups is 1. The molecular formula is C16H17N3O3S2. The van der Waals surface area contributed by atoms with E-state index in [9.17, 15) is 8.42 Å². The van der Waals surface area contributed by atoms with E-state index in [1.165, 1.54) is 11.8 Å². The molecule has 0 N–H and O–H groups in total. The Morgan fingerprint density at radius 1 is 1.17 bits per heavy atom. The lowest BCUT2D eigenvalue weighted by Gasteiger charge is -2.05. The smallest absolute Gasteiger partial charge is 0.191 e. The SMILES string of the molecule is Cc1occc1-c1nnc(SCCS(=O)(=O)c2ccccc2)n1C. The van der Waals surface area contributed by atoms with Crippen molar-refractivity contribution in [2.75, 3.05) is 11.5 Å². The Morgan fingerprint density at radius 3 is 2.58 bits per heavy atom. The van der Waals surface area contributed by atoms with Crippen molar-refractivity contribution in [2.45, 2.75) is 17.0 Å². The summed E-state index contributed by atoms with van der Waals surface area (Å²) in [6, 6.07) is 10.3. The van der Waals surface area contributed by atoms with E-state index in [-0.39, 0.29) is 5.75 Å². The molecule has 8 heteroatoms. The second-order valence-electron chi connectivity index (χ2n) is 5.24. The lowest BCUT2D eigenvalue weighted by molar-refractivity contribution is 0.534. The fourth-order valence-corrected chi connectivity index (χ4v) is 4.86. The molecule has 0 bridgehead atoms. The van der Waals surface area contributed by atoms with Gasteiger partial charge in [-0.3, -0.25) is 0 Å². The van der Waals surface area contributed by atoms with Gasteiger partial charge in [0.15, 0.2) is 20.8 Å². The van der Waals surface area contributed by atoms with Crippen LogP contribution in [0.3, 0.4) is 0 Å². The quantitative estimate of drug-likeness (QED) is 0.627. The zero-order chi connectivity index (χ0) is 17.2. The van der Waals surface area contributed by atoms with Gasteiger partial charge in [0.1, 0.15) is 5.76 Å². The minimum Gasteiger partial charge on any atom is -0.469 e. The van der Waals surface area contributed by atoms with Crippen LogP contribution in [-0.4, -0.2) is 34.7 Å². The molecule has 0 radical (unpaired) electrons. The number of rotatable bonds is 6. The minimum atomic E-state index is -3.28. The van der Waals surface area contributed by atoms with Gasteiger partial charge in [-0.15, -0.1) is 10.2 Å². The van der Waals surface area contributed by atoms with Crippen molar-refractivity contribution >= 4 is 21.6 Å². The van der Waals surface area contributed by atoms with Crippen LogP contribution in [0.2, 0.25) is 0 Å². The normalized spacial score (nSPS) is 11.8. The fraction of sp³-hybridized carbons (Fsp3) is 0.250. The first-order valence-corrected chi connectivity index (χ1v) is 9.97. The Bertz CT molecular complexity index is 931. The first-order valence-electron chi connectivity index (χ1n) is 7.33. The van der Waals surface area contributed by atoms with Gasteiger partial charge in [0.25, 0.3) is 0 Å². The molecule has 0 atom stereocenters. The summed E-state index contributed by atoms with van der Waals surface area (Å²) in [5.74, 6) is 1.94. The Kier molecular flexibility index (Phi) is 4.77. The summed E-state index contributed by atoms with van der Waals surface area (Å²) in [5, 5.41) is 8.99. The van der Waals surface area contributed by atoms with Crippen molar-refractivity contribution in [3.63, 3.8) is 0 Å². The summed E-state index contributed by atoms with van der Waals surface area (Å²) in [4.78, 5) is 0.346. The van der Waals surface area contributed by atoms with E-state index in [4.69, 9.17) is 4.42 Å². The molecule has 0 saturated heterocycles. The number of furan rings is 1. The molecule has 0 aliphatic carbocycles. The molecule has 0 saturated carbocycles. The molecule has 0 aliphatic rings. The van der Waals surface area contributed by atoms with Crippen LogP contribution in [0.25, 0.3) is 11.4 Å². The van der Waals surface area contributed by atoms with Gasteiger partial charge in [0.05, 0.1) is 22.5 Å². The number of hydrogen-bond donors (Lipinski definition) is 0. The summed E-state index contributed by atoms with van der Waals surface area (Å²) in [5.41, 5.74) is 0.883. The Hall–Kier alpha value is -2.06. The molecule has 126 valence electrons. The predicted octanol–water partition coefficient (Wildman–Crippen LogP) is 2.95. The molecule has 0 amide bonds. The van der Waals surface area contributed by atoms with E-state index in [1.54, 1.807) is 36.6 Å². The van der Waals surface area contributed by atoms with Crippen molar-refractivity contribution in [3.05, 3.63) is 48.4 Å². The average molecular weight is 363 g/mol. The summed E-state index contributed by atoms with van der Waals surface area (Å²) < 4.78 is 31.7. The molecule has 3 aromatic rings. The molecule has 1 aromatic carbocycles. The van der Waals surface area contributed by atoms with Crippen LogP contribution in [0.15, 0.2) is 57.1 Å². The van der Waals surface area contributed by atoms with Crippen molar-refractivity contribution in [1.29, 1.82) is 0 Å². The maximum absolute atomic E-state index is 12.3. The highest BCUT2D eigenvalue weighted by molar-refractivity contribution is 8.00. The highest BCUT2D eigenvalue weighted by atomic mass is 32.2. The molecule has 3 rings (SSSR count). The monoisotopic (exact) mass is 363 g/mol. The Morgan fingerprint density at radius 2 is 1.92 bits per heavy atom. The predicted molar refractivity (Wildman–Crippen MR) is 92.7 cm³/mol. The molecule has 0 fully saturated rings. The van der Waals surface area contributed by atoms with Gasteiger partial charge in [-0.2, -0.15) is 0 Å². The molecule has 2 aromatic heterocycles. The number of sulfone groups is 1. The van der Waals surface area contributed by atoms with Gasteiger partial charge in [0.2, 0.25) is 0 Å². The first kappa shape index (κ1) is 16.8. The maximum atomic E-state index is 12.3. The number of aromatic nitrogens is 3. The van der Waals surface area contributed by atoms with E-state index in [0.29, 0.717) is 21.6 Å². The van der Waals surface area contributed by atoms with E-state index in [1.807, 2.05) is 24.6 Å². The third kappa shape index (κ3) is 3.39. The lowest BCUT2D eigenvalue weighted by Crippen LogP contribution is -2.09. The lowest BCUT2D eigenvalue weighted by atomic mass is 10.2. The van der Waals surface area contributed by atoms with Gasteiger partial charge in [0, 0.05) is 12.8 Å². The van der Waals surface area contributed by atoms with Crippen LogP contribution < -0.4 is 0 Å². The van der Waals surface area contributed by atoms with Gasteiger partial charge < -0.3 is 8.98 Å². The van der Waals surface area contributed by atoms with Gasteiger partial charge in [-0.1, -0.05) is 30.0 Å². The van der Waals surface area contributed by atoms with E-state index in [0.717, 1.165) is 11.3 Å². The van der Waals surface area contributed by atoms with Crippen LogP contribution >= 0.6 is 11.8 Å². The van der Waals surface area contributed by atoms with Crippen molar-refractivity contribution in [2.24, 2.45) is 7.05 Å². The zero-order valence-electron chi connectivity index (χ0n) is 13.3. The number of benzene rings is 1. The summed E-state index contributed by atoms with van der Waals surface area (Å²) in [7, 11) is -1.42. The zero-order valence-corrected chi connectivity index (χ0v) is 15.0. The Balaban J connectivity index is 1.68. The molecule has 0 unspecified atom stereocenters. The highest BCUT2D eigenvalue weighted by Crippen LogP contribution is 2.26. The number of hydrogen-bond acceptors (Lipinski definition) is 6. The molecule has 0 aliphatic heterocycles. The van der Waals surface area contributed by atoms with Crippen molar-refractivity contribution < 1.29 is 12.8 Å². The topological polar surface area (TPSA) is 78.0 Å². The molecular weight excluding hydrogens is 346 g/mol. The van der Waals surface area contributed by atoms with Crippen LogP contribution in [0.1, 0.15) is 5.76 Å². The van der Waals surface area contributed by atoms with E-state index < -0.39 is 9.84 Å². The standard InChI is InChI=1S/C16H17N3O3S2/c1-12-14(8-9-22-12)15-17-18-16(19(15)2)23-10-11-24(20,21)13-6-4-3-5-7-13/h3-9H,10-11H2,1-2H3. The first-order chi connectivity index (χ1) is 11.5. The van der Waals surface area contributed by atoms with Gasteiger partial charge >= 0.3 is 0 Å². The van der Waals surface area contributed by atoms with Gasteiger partial charge in [-0.25, -0.2) is 8.42 Å². The molecule has 24 heavy (non-hydrogen) atoms. The van der Waals surface area contributed by atoms with E-state index in [2.05, 4.69) is 10.2 Å². The Labute approximate surface area is 144 Å². The van der Waals surface area contributed by atoms with Gasteiger partial charge in [-0.05, 0) is 25.1 Å². The fourth-order valence-electron chi connectivity index (χ4n) is 2.28.